The monoisotopic (exact) mass is 376 g/mol. The van der Waals surface area contributed by atoms with Crippen LogP contribution < -0.4 is 5.73 Å². The quantitative estimate of drug-likeness (QED) is 0.412. The van der Waals surface area contributed by atoms with Gasteiger partial charge in [-0.1, -0.05) is 0 Å². The molecule has 0 radical (unpaired) electrons. The lowest BCUT2D eigenvalue weighted by atomic mass is 10.2. The van der Waals surface area contributed by atoms with Crippen LogP contribution in [0.4, 0.5) is 5.00 Å². The molecule has 24 heavy (non-hydrogen) atoms. The van der Waals surface area contributed by atoms with Gasteiger partial charge in [0, 0.05) is 16.7 Å². The lowest BCUT2D eigenvalue weighted by molar-refractivity contribution is 0.0531. The summed E-state index contributed by atoms with van der Waals surface area (Å²) in [6.45, 7) is 2.01. The maximum atomic E-state index is 12.1. The topological polar surface area (TPSA) is 102 Å². The number of esters is 1. The molecule has 0 amide bonds. The fraction of sp³-hybridized carbons (Fsp3) is 0.200. The molecule has 0 saturated carbocycles. The Labute approximate surface area is 150 Å². The molecule has 3 heterocycles. The van der Waals surface area contributed by atoms with Gasteiger partial charge in [-0.3, -0.25) is 0 Å². The number of ether oxygens (including phenoxy) is 1. The number of anilines is 1. The number of carbonyl (C=O) groups excluding carboxylic acids is 1. The first-order valence-corrected chi connectivity index (χ1v) is 9.63. The Morgan fingerprint density at radius 3 is 3.08 bits per heavy atom. The highest BCUT2D eigenvalue weighted by Crippen LogP contribution is 2.37. The van der Waals surface area contributed by atoms with E-state index in [4.69, 9.17) is 10.5 Å². The van der Waals surface area contributed by atoms with E-state index in [-0.39, 0.29) is 6.61 Å². The van der Waals surface area contributed by atoms with Gasteiger partial charge in [0.1, 0.15) is 32.1 Å². The van der Waals surface area contributed by atoms with Gasteiger partial charge in [0.25, 0.3) is 0 Å². The number of nitrogen functional groups attached to an aromatic ring is 1. The number of nitrogens with two attached hydrogens (primary N) is 1. The molecule has 3 aromatic rings. The summed E-state index contributed by atoms with van der Waals surface area (Å²) in [7, 11) is 0. The third kappa shape index (κ3) is 3.08. The van der Waals surface area contributed by atoms with Crippen LogP contribution in [0.25, 0.3) is 10.2 Å². The second-order valence-electron chi connectivity index (χ2n) is 4.59. The molecule has 2 N–H and O–H groups in total. The number of nitrogens with zero attached hydrogens (tertiary/aromatic N) is 3. The summed E-state index contributed by atoms with van der Waals surface area (Å²) < 4.78 is 5.06. The van der Waals surface area contributed by atoms with Crippen LogP contribution in [-0.4, -0.2) is 22.5 Å². The largest absolute Gasteiger partial charge is 0.462 e. The van der Waals surface area contributed by atoms with E-state index in [9.17, 15) is 10.1 Å². The summed E-state index contributed by atoms with van der Waals surface area (Å²) in [6, 6.07) is 4.04. The molecule has 3 aromatic heterocycles. The van der Waals surface area contributed by atoms with Crippen LogP contribution in [0, 0.1) is 11.3 Å². The minimum Gasteiger partial charge on any atom is -0.462 e. The van der Waals surface area contributed by atoms with Gasteiger partial charge in [-0.05, 0) is 18.4 Å². The van der Waals surface area contributed by atoms with Crippen molar-refractivity contribution in [2.24, 2.45) is 0 Å². The number of fused-ring (bicyclic) bond motifs is 1. The fourth-order valence-corrected chi connectivity index (χ4v) is 4.96. The van der Waals surface area contributed by atoms with E-state index in [1.807, 2.05) is 11.4 Å². The van der Waals surface area contributed by atoms with Crippen molar-refractivity contribution in [1.29, 1.82) is 5.26 Å². The number of hydrogen-bond acceptors (Lipinski definition) is 9. The van der Waals surface area contributed by atoms with Crippen LogP contribution >= 0.6 is 34.4 Å². The summed E-state index contributed by atoms with van der Waals surface area (Å²) in [4.78, 5) is 21.9. The van der Waals surface area contributed by atoms with E-state index in [1.54, 1.807) is 18.3 Å². The van der Waals surface area contributed by atoms with E-state index in [0.29, 0.717) is 26.8 Å². The first-order chi connectivity index (χ1) is 11.7. The zero-order chi connectivity index (χ0) is 17.1. The van der Waals surface area contributed by atoms with Crippen LogP contribution in [0.5, 0.6) is 0 Å². The molecular formula is C15H12N4O2S3. The van der Waals surface area contributed by atoms with Gasteiger partial charge in [-0.25, -0.2) is 14.8 Å². The highest BCUT2D eigenvalue weighted by atomic mass is 32.2. The first kappa shape index (κ1) is 16.7. The Kier molecular flexibility index (Phi) is 4.99. The first-order valence-electron chi connectivity index (χ1n) is 6.95. The van der Waals surface area contributed by atoms with E-state index < -0.39 is 5.97 Å². The molecule has 122 valence electrons. The maximum Gasteiger partial charge on any atom is 0.348 e. The minimum absolute atomic E-state index is 0.270. The van der Waals surface area contributed by atoms with Gasteiger partial charge in [0.05, 0.1) is 12.2 Å². The predicted molar refractivity (Wildman–Crippen MR) is 96.4 cm³/mol. The zero-order valence-electron chi connectivity index (χ0n) is 12.6. The van der Waals surface area contributed by atoms with Crippen molar-refractivity contribution in [3.63, 3.8) is 0 Å². The lowest BCUT2D eigenvalue weighted by Gasteiger charge is -2.05. The molecule has 6 nitrogen and oxygen atoms in total. The van der Waals surface area contributed by atoms with Crippen molar-refractivity contribution >= 4 is 55.6 Å². The van der Waals surface area contributed by atoms with Gasteiger partial charge in [0.15, 0.2) is 0 Å². The number of aromatic nitrogens is 2. The molecule has 0 aromatic carbocycles. The van der Waals surface area contributed by atoms with Crippen molar-refractivity contribution in [2.75, 3.05) is 12.3 Å². The zero-order valence-corrected chi connectivity index (χ0v) is 15.1. The van der Waals surface area contributed by atoms with Crippen molar-refractivity contribution in [2.45, 2.75) is 17.7 Å². The molecule has 3 rings (SSSR count). The third-order valence-electron chi connectivity index (χ3n) is 3.19. The molecule has 0 aliphatic rings. The average Bonchev–Trinajstić information content (AvgIpc) is 3.17. The SMILES string of the molecule is CCOC(=O)c1sc(N)c(C#N)c1CSc1ncnc2sccc12. The summed E-state index contributed by atoms with van der Waals surface area (Å²) >= 11 is 4.08. The molecule has 0 unspecified atom stereocenters. The second kappa shape index (κ2) is 7.17. The fourth-order valence-electron chi connectivity index (χ4n) is 2.13. The van der Waals surface area contributed by atoms with Crippen LogP contribution in [0.2, 0.25) is 0 Å². The Bertz CT molecular complexity index is 942. The Morgan fingerprint density at radius 1 is 1.50 bits per heavy atom. The van der Waals surface area contributed by atoms with Gasteiger partial charge >= 0.3 is 5.97 Å². The molecule has 0 fully saturated rings. The molecular weight excluding hydrogens is 364 g/mol. The Balaban J connectivity index is 1.93. The summed E-state index contributed by atoms with van der Waals surface area (Å²) in [6.07, 6.45) is 1.51. The Hall–Kier alpha value is -2.15. The summed E-state index contributed by atoms with van der Waals surface area (Å²) in [5, 5.41) is 13.4. The number of rotatable bonds is 5. The summed E-state index contributed by atoms with van der Waals surface area (Å²) in [5.41, 5.74) is 6.83. The minimum atomic E-state index is -0.449. The molecule has 0 saturated heterocycles. The molecule has 9 heteroatoms. The van der Waals surface area contributed by atoms with E-state index in [0.717, 1.165) is 26.6 Å². The number of thioether (sulfide) groups is 1. The van der Waals surface area contributed by atoms with Crippen molar-refractivity contribution < 1.29 is 9.53 Å². The molecule has 0 aliphatic heterocycles. The van der Waals surface area contributed by atoms with Gasteiger partial charge in [-0.15, -0.1) is 34.4 Å². The number of thiophene rings is 2. The van der Waals surface area contributed by atoms with Gasteiger partial charge in [-0.2, -0.15) is 5.26 Å². The summed E-state index contributed by atoms with van der Waals surface area (Å²) in [5.74, 6) is -0.0400. The average molecular weight is 376 g/mol. The number of nitriles is 1. The predicted octanol–water partition coefficient (Wildman–Crippen LogP) is 3.68. The molecule has 0 atom stereocenters. The lowest BCUT2D eigenvalue weighted by Crippen LogP contribution is -2.05. The van der Waals surface area contributed by atoms with Crippen LogP contribution in [0.15, 0.2) is 22.8 Å². The molecule has 0 spiro atoms. The van der Waals surface area contributed by atoms with Crippen molar-refractivity contribution in [3.8, 4) is 6.07 Å². The highest BCUT2D eigenvalue weighted by molar-refractivity contribution is 7.98. The van der Waals surface area contributed by atoms with E-state index in [1.165, 1.54) is 18.1 Å². The normalized spacial score (nSPS) is 10.7. The number of hydrogen-bond donors (Lipinski definition) is 1. The second-order valence-corrected chi connectivity index (χ2v) is 7.50. The van der Waals surface area contributed by atoms with Gasteiger partial charge < -0.3 is 10.5 Å². The van der Waals surface area contributed by atoms with Crippen molar-refractivity contribution in [3.05, 3.63) is 33.8 Å². The highest BCUT2D eigenvalue weighted by Gasteiger charge is 2.23. The van der Waals surface area contributed by atoms with E-state index in [2.05, 4.69) is 16.0 Å². The van der Waals surface area contributed by atoms with Crippen LogP contribution in [-0.2, 0) is 10.5 Å². The van der Waals surface area contributed by atoms with Crippen LogP contribution in [0.3, 0.4) is 0 Å². The standard InChI is InChI=1S/C15H12N4O2S3/c1-2-21-15(20)11-10(9(5-16)12(17)24-11)6-23-14-8-3-4-22-13(8)18-7-19-14/h3-4,7H,2,6,17H2,1H3. The van der Waals surface area contributed by atoms with Crippen molar-refractivity contribution in [1.82, 2.24) is 9.97 Å². The maximum absolute atomic E-state index is 12.1. The molecule has 0 aliphatic carbocycles. The van der Waals surface area contributed by atoms with E-state index >= 15 is 0 Å². The Morgan fingerprint density at radius 2 is 2.33 bits per heavy atom. The molecule has 0 bridgehead atoms. The third-order valence-corrected chi connectivity index (χ3v) is 6.08. The smallest absolute Gasteiger partial charge is 0.348 e. The van der Waals surface area contributed by atoms with Gasteiger partial charge in [0.2, 0.25) is 0 Å². The number of carbonyl (C=O) groups is 1. The van der Waals surface area contributed by atoms with Crippen LogP contribution in [0.1, 0.15) is 27.7 Å².